The summed E-state index contributed by atoms with van der Waals surface area (Å²) >= 11 is 0. The van der Waals surface area contributed by atoms with Crippen molar-refractivity contribution in [2.24, 2.45) is 7.05 Å². The average molecular weight is 352 g/mol. The van der Waals surface area contributed by atoms with Gasteiger partial charge in [0.05, 0.1) is 17.2 Å². The fourth-order valence-corrected chi connectivity index (χ4v) is 3.68. The minimum absolute atomic E-state index is 0.111. The molecule has 1 amide bonds. The molecule has 3 heterocycles. The Kier molecular flexibility index (Phi) is 4.46. The van der Waals surface area contributed by atoms with Crippen LogP contribution in [0.3, 0.4) is 0 Å². The normalized spacial score (nSPS) is 15.5. The molecule has 3 aromatic rings. The van der Waals surface area contributed by atoms with Crippen LogP contribution in [-0.2, 0) is 24.8 Å². The monoisotopic (exact) mass is 352 g/mol. The molecule has 0 saturated carbocycles. The van der Waals surface area contributed by atoms with Gasteiger partial charge in [0, 0.05) is 37.5 Å². The first kappa shape index (κ1) is 16.8. The van der Waals surface area contributed by atoms with Crippen LogP contribution in [0.25, 0.3) is 11.0 Å². The summed E-state index contributed by atoms with van der Waals surface area (Å²) in [5.41, 5.74) is 3.70. The number of rotatable bonds is 4. The van der Waals surface area contributed by atoms with Gasteiger partial charge >= 0.3 is 0 Å². The summed E-state index contributed by atoms with van der Waals surface area (Å²) in [6, 6.07) is 5.53. The molecule has 1 aromatic carbocycles. The number of hydrogen-bond donors (Lipinski definition) is 2. The van der Waals surface area contributed by atoms with Crippen LogP contribution < -0.4 is 10.6 Å². The van der Waals surface area contributed by atoms with Crippen LogP contribution in [-0.4, -0.2) is 32.3 Å². The highest BCUT2D eigenvalue weighted by molar-refractivity contribution is 5.97. The van der Waals surface area contributed by atoms with E-state index >= 15 is 0 Å². The van der Waals surface area contributed by atoms with E-state index in [9.17, 15) is 4.79 Å². The Hall–Kier alpha value is -2.67. The van der Waals surface area contributed by atoms with Crippen molar-refractivity contribution in [1.29, 1.82) is 0 Å². The molecule has 0 fully saturated rings. The number of nitrogens with zero attached hydrogens (tertiary/aromatic N) is 4. The fraction of sp³-hybridized carbons (Fsp3) is 0.421. The molecule has 7 heteroatoms. The molecule has 0 aliphatic carbocycles. The van der Waals surface area contributed by atoms with Gasteiger partial charge in [0.1, 0.15) is 11.9 Å². The second-order valence-corrected chi connectivity index (χ2v) is 6.85. The molecule has 1 atom stereocenters. The number of aromatic nitrogens is 4. The van der Waals surface area contributed by atoms with Crippen molar-refractivity contribution in [3.05, 3.63) is 42.0 Å². The highest BCUT2D eigenvalue weighted by Gasteiger charge is 2.21. The third kappa shape index (κ3) is 3.10. The number of carbonyl (C=O) groups excluding carboxylic acids is 1. The Morgan fingerprint density at radius 3 is 2.92 bits per heavy atom. The minimum atomic E-state index is -0.446. The maximum atomic E-state index is 12.7. The lowest BCUT2D eigenvalue weighted by Gasteiger charge is -2.14. The quantitative estimate of drug-likeness (QED) is 0.756. The minimum Gasteiger partial charge on any atom is -0.328 e. The summed E-state index contributed by atoms with van der Waals surface area (Å²) < 4.78 is 4.01. The van der Waals surface area contributed by atoms with Crippen LogP contribution in [0.4, 0.5) is 5.69 Å². The zero-order chi connectivity index (χ0) is 18.1. The predicted molar refractivity (Wildman–Crippen MR) is 101 cm³/mol. The standard InChI is InChI=1S/C19H24N6O/c1-20-18(13-11-21-24(2)12-13)19(26)22-14-7-8-16-15(10-14)23-17-6-4-3-5-9-25(16)17/h7-8,10-12,18,20H,3-6,9H2,1-2H3,(H,22,26). The molecule has 136 valence electrons. The van der Waals surface area contributed by atoms with Crippen molar-refractivity contribution in [1.82, 2.24) is 24.6 Å². The van der Waals surface area contributed by atoms with E-state index in [4.69, 9.17) is 4.98 Å². The van der Waals surface area contributed by atoms with Crippen LogP contribution in [0.1, 0.15) is 36.7 Å². The first-order valence-electron chi connectivity index (χ1n) is 9.11. The summed E-state index contributed by atoms with van der Waals surface area (Å²) in [5, 5.41) is 10.2. The fourth-order valence-electron chi connectivity index (χ4n) is 3.68. The molecule has 0 spiro atoms. The number of carbonyl (C=O) groups is 1. The molecule has 1 aliphatic heterocycles. The van der Waals surface area contributed by atoms with Crippen molar-refractivity contribution >= 4 is 22.6 Å². The largest absolute Gasteiger partial charge is 0.328 e. The van der Waals surface area contributed by atoms with Crippen molar-refractivity contribution in [3.8, 4) is 0 Å². The van der Waals surface area contributed by atoms with Gasteiger partial charge in [0.25, 0.3) is 0 Å². The van der Waals surface area contributed by atoms with Crippen LogP contribution >= 0.6 is 0 Å². The summed E-state index contributed by atoms with van der Waals surface area (Å²) in [5.74, 6) is 1.05. The summed E-state index contributed by atoms with van der Waals surface area (Å²) in [6.07, 6.45) is 8.23. The highest BCUT2D eigenvalue weighted by Crippen LogP contribution is 2.25. The SMILES string of the molecule is CNC(C(=O)Nc1ccc2c(c1)nc1n2CCCCC1)c1cnn(C)c1. The molecule has 0 saturated heterocycles. The summed E-state index contributed by atoms with van der Waals surface area (Å²) in [4.78, 5) is 17.5. The van der Waals surface area contributed by atoms with Gasteiger partial charge in [-0.2, -0.15) is 5.10 Å². The Bertz CT molecular complexity index is 941. The number of nitrogens with one attached hydrogen (secondary N) is 2. The third-order valence-electron chi connectivity index (χ3n) is 4.99. The van der Waals surface area contributed by atoms with Gasteiger partial charge in [-0.3, -0.25) is 9.48 Å². The number of benzene rings is 1. The number of fused-ring (bicyclic) bond motifs is 3. The van der Waals surface area contributed by atoms with Crippen molar-refractivity contribution < 1.29 is 4.79 Å². The molecule has 1 aliphatic rings. The molecule has 0 bridgehead atoms. The second-order valence-electron chi connectivity index (χ2n) is 6.85. The summed E-state index contributed by atoms with van der Waals surface area (Å²) in [7, 11) is 3.61. The van der Waals surface area contributed by atoms with E-state index in [0.29, 0.717) is 0 Å². The molecule has 2 aromatic heterocycles. The third-order valence-corrected chi connectivity index (χ3v) is 4.99. The first-order chi connectivity index (χ1) is 12.7. The number of amides is 1. The van der Waals surface area contributed by atoms with Crippen LogP contribution in [0.15, 0.2) is 30.6 Å². The molecular formula is C19H24N6O. The molecule has 7 nitrogen and oxygen atoms in total. The van der Waals surface area contributed by atoms with Gasteiger partial charge in [-0.15, -0.1) is 0 Å². The van der Waals surface area contributed by atoms with Crippen LogP contribution in [0, 0.1) is 0 Å². The smallest absolute Gasteiger partial charge is 0.246 e. The van der Waals surface area contributed by atoms with Gasteiger partial charge in [-0.05, 0) is 38.1 Å². The maximum absolute atomic E-state index is 12.7. The van der Waals surface area contributed by atoms with Gasteiger partial charge in [-0.1, -0.05) is 6.42 Å². The molecule has 4 rings (SSSR count). The molecule has 1 unspecified atom stereocenters. The van der Waals surface area contributed by atoms with Crippen LogP contribution in [0.5, 0.6) is 0 Å². The topological polar surface area (TPSA) is 76.8 Å². The zero-order valence-electron chi connectivity index (χ0n) is 15.2. The number of aryl methyl sites for hydroxylation is 3. The van der Waals surface area contributed by atoms with Crippen molar-refractivity contribution in [2.75, 3.05) is 12.4 Å². The Morgan fingerprint density at radius 2 is 2.15 bits per heavy atom. The number of hydrogen-bond acceptors (Lipinski definition) is 4. The maximum Gasteiger partial charge on any atom is 0.246 e. The van der Waals surface area contributed by atoms with Gasteiger partial charge < -0.3 is 15.2 Å². The zero-order valence-corrected chi connectivity index (χ0v) is 15.2. The van der Waals surface area contributed by atoms with E-state index in [2.05, 4.69) is 26.4 Å². The first-order valence-corrected chi connectivity index (χ1v) is 9.11. The Labute approximate surface area is 152 Å². The molecule has 0 radical (unpaired) electrons. The Balaban J connectivity index is 1.58. The van der Waals surface area contributed by atoms with E-state index in [1.54, 1.807) is 17.9 Å². The van der Waals surface area contributed by atoms with Gasteiger partial charge in [0.15, 0.2) is 0 Å². The van der Waals surface area contributed by atoms with E-state index in [1.807, 2.05) is 25.4 Å². The van der Waals surface area contributed by atoms with E-state index < -0.39 is 6.04 Å². The lowest BCUT2D eigenvalue weighted by molar-refractivity contribution is -0.118. The van der Waals surface area contributed by atoms with Gasteiger partial charge in [0.2, 0.25) is 5.91 Å². The number of likely N-dealkylation sites (N-methyl/N-ethyl adjacent to an activating group) is 1. The predicted octanol–water partition coefficient (Wildman–Crippen LogP) is 2.40. The van der Waals surface area contributed by atoms with Gasteiger partial charge in [-0.25, -0.2) is 4.98 Å². The summed E-state index contributed by atoms with van der Waals surface area (Å²) in [6.45, 7) is 1.03. The lowest BCUT2D eigenvalue weighted by atomic mass is 10.1. The second kappa shape index (κ2) is 6.92. The lowest BCUT2D eigenvalue weighted by Crippen LogP contribution is -2.30. The molecule has 26 heavy (non-hydrogen) atoms. The average Bonchev–Trinajstić information content (AvgIpc) is 3.11. The van der Waals surface area contributed by atoms with E-state index in [1.165, 1.54) is 19.3 Å². The number of imidazole rings is 1. The van der Waals surface area contributed by atoms with Crippen LogP contribution in [0.2, 0.25) is 0 Å². The van der Waals surface area contributed by atoms with Crippen molar-refractivity contribution in [2.45, 2.75) is 38.3 Å². The van der Waals surface area contributed by atoms with Crippen molar-refractivity contribution in [3.63, 3.8) is 0 Å². The number of anilines is 1. The van der Waals surface area contributed by atoms with E-state index in [0.717, 1.165) is 41.1 Å². The molecule has 2 N–H and O–H groups in total. The van der Waals surface area contributed by atoms with E-state index in [-0.39, 0.29) is 5.91 Å². The highest BCUT2D eigenvalue weighted by atomic mass is 16.2. The Morgan fingerprint density at radius 1 is 1.27 bits per heavy atom. The molecular weight excluding hydrogens is 328 g/mol.